The standard InChI is InChI=1S/C19H17BrN4O/c1-13-10-15(2-3-17(13)20)24-16-6-9-22-18(11-16)19(25)23-12-14-4-7-21-8-5-14/h2-11H,12H2,1H3,(H,22,24)(H,23,25). The van der Waals surface area contributed by atoms with E-state index in [2.05, 4.69) is 36.5 Å². The third-order valence-electron chi connectivity index (χ3n) is 3.64. The highest BCUT2D eigenvalue weighted by Gasteiger charge is 2.08. The topological polar surface area (TPSA) is 66.9 Å². The summed E-state index contributed by atoms with van der Waals surface area (Å²) in [6, 6.07) is 13.3. The molecule has 2 N–H and O–H groups in total. The number of amides is 1. The summed E-state index contributed by atoms with van der Waals surface area (Å²) in [6.07, 6.45) is 5.02. The third kappa shape index (κ3) is 4.64. The number of anilines is 2. The highest BCUT2D eigenvalue weighted by Crippen LogP contribution is 2.23. The molecule has 0 unspecified atom stereocenters. The summed E-state index contributed by atoms with van der Waals surface area (Å²) in [5.41, 5.74) is 4.26. The second-order valence-corrected chi connectivity index (χ2v) is 6.41. The molecule has 0 aliphatic carbocycles. The molecule has 126 valence electrons. The molecule has 0 fully saturated rings. The van der Waals surface area contributed by atoms with E-state index in [0.717, 1.165) is 27.0 Å². The maximum Gasteiger partial charge on any atom is 0.270 e. The van der Waals surface area contributed by atoms with Crippen LogP contribution in [-0.2, 0) is 6.54 Å². The van der Waals surface area contributed by atoms with Crippen molar-refractivity contribution in [2.45, 2.75) is 13.5 Å². The molecule has 0 atom stereocenters. The molecule has 0 aliphatic heterocycles. The monoisotopic (exact) mass is 396 g/mol. The van der Waals surface area contributed by atoms with Crippen LogP contribution in [0.4, 0.5) is 11.4 Å². The Morgan fingerprint density at radius 3 is 2.56 bits per heavy atom. The minimum atomic E-state index is -0.215. The molecule has 2 heterocycles. The molecule has 1 aromatic carbocycles. The molecular weight excluding hydrogens is 380 g/mol. The normalized spacial score (nSPS) is 10.3. The van der Waals surface area contributed by atoms with Gasteiger partial charge in [-0.15, -0.1) is 0 Å². The van der Waals surface area contributed by atoms with Gasteiger partial charge in [0.15, 0.2) is 0 Å². The molecule has 1 amide bonds. The summed E-state index contributed by atoms with van der Waals surface area (Å²) in [7, 11) is 0. The van der Waals surface area contributed by atoms with E-state index in [9.17, 15) is 4.79 Å². The van der Waals surface area contributed by atoms with E-state index in [1.165, 1.54) is 0 Å². The lowest BCUT2D eigenvalue weighted by Gasteiger charge is -2.10. The van der Waals surface area contributed by atoms with E-state index in [4.69, 9.17) is 0 Å². The Labute approximate surface area is 154 Å². The quantitative estimate of drug-likeness (QED) is 0.677. The second-order valence-electron chi connectivity index (χ2n) is 5.56. The van der Waals surface area contributed by atoms with Gasteiger partial charge in [0.25, 0.3) is 5.91 Å². The summed E-state index contributed by atoms with van der Waals surface area (Å²) in [4.78, 5) is 20.4. The van der Waals surface area contributed by atoms with Gasteiger partial charge in [-0.2, -0.15) is 0 Å². The van der Waals surface area contributed by atoms with Crippen molar-refractivity contribution in [3.63, 3.8) is 0 Å². The van der Waals surface area contributed by atoms with Gasteiger partial charge in [-0.25, -0.2) is 0 Å². The molecule has 3 aromatic rings. The molecule has 5 nitrogen and oxygen atoms in total. The predicted molar refractivity (Wildman–Crippen MR) is 102 cm³/mol. The number of aryl methyl sites for hydroxylation is 1. The first-order valence-corrected chi connectivity index (χ1v) is 8.57. The Morgan fingerprint density at radius 1 is 1.04 bits per heavy atom. The average Bonchev–Trinajstić information content (AvgIpc) is 2.64. The van der Waals surface area contributed by atoms with E-state index < -0.39 is 0 Å². The Balaban J connectivity index is 1.68. The smallest absolute Gasteiger partial charge is 0.270 e. The fourth-order valence-electron chi connectivity index (χ4n) is 2.30. The van der Waals surface area contributed by atoms with Crippen LogP contribution in [0.2, 0.25) is 0 Å². The van der Waals surface area contributed by atoms with Crippen molar-refractivity contribution in [2.75, 3.05) is 5.32 Å². The van der Waals surface area contributed by atoms with Gasteiger partial charge in [0, 0.05) is 41.0 Å². The number of nitrogens with zero attached hydrogens (tertiary/aromatic N) is 2. The lowest BCUT2D eigenvalue weighted by atomic mass is 10.2. The van der Waals surface area contributed by atoms with Crippen LogP contribution in [0.3, 0.4) is 0 Å². The van der Waals surface area contributed by atoms with Crippen LogP contribution in [0.25, 0.3) is 0 Å². The first-order chi connectivity index (χ1) is 12.1. The number of pyridine rings is 2. The minimum Gasteiger partial charge on any atom is -0.355 e. The number of carbonyl (C=O) groups is 1. The van der Waals surface area contributed by atoms with Crippen molar-refractivity contribution in [2.24, 2.45) is 0 Å². The first kappa shape index (κ1) is 17.1. The Kier molecular flexibility index (Phi) is 5.40. The van der Waals surface area contributed by atoms with Crippen LogP contribution >= 0.6 is 15.9 Å². The summed E-state index contributed by atoms with van der Waals surface area (Å²) in [5, 5.41) is 6.15. The molecular formula is C19H17BrN4O. The lowest BCUT2D eigenvalue weighted by Crippen LogP contribution is -2.23. The first-order valence-electron chi connectivity index (χ1n) is 7.78. The van der Waals surface area contributed by atoms with Gasteiger partial charge in [-0.3, -0.25) is 14.8 Å². The summed E-state index contributed by atoms with van der Waals surface area (Å²) in [6.45, 7) is 2.46. The molecule has 0 spiro atoms. The highest BCUT2D eigenvalue weighted by atomic mass is 79.9. The fourth-order valence-corrected chi connectivity index (χ4v) is 2.54. The molecule has 3 rings (SSSR count). The molecule has 0 saturated heterocycles. The molecule has 0 bridgehead atoms. The molecule has 0 aliphatic rings. The van der Waals surface area contributed by atoms with Crippen molar-refractivity contribution >= 4 is 33.2 Å². The SMILES string of the molecule is Cc1cc(Nc2ccnc(C(=O)NCc3ccncc3)c2)ccc1Br. The molecule has 25 heavy (non-hydrogen) atoms. The number of benzene rings is 1. The van der Waals surface area contributed by atoms with Crippen LogP contribution < -0.4 is 10.6 Å². The van der Waals surface area contributed by atoms with Gasteiger partial charge in [0.2, 0.25) is 0 Å². The van der Waals surface area contributed by atoms with Crippen molar-refractivity contribution in [1.82, 2.24) is 15.3 Å². The van der Waals surface area contributed by atoms with E-state index in [-0.39, 0.29) is 5.91 Å². The zero-order chi connectivity index (χ0) is 17.6. The maximum absolute atomic E-state index is 12.3. The van der Waals surface area contributed by atoms with Gasteiger partial charge in [0.1, 0.15) is 5.69 Å². The minimum absolute atomic E-state index is 0.215. The zero-order valence-corrected chi connectivity index (χ0v) is 15.2. The zero-order valence-electron chi connectivity index (χ0n) is 13.7. The lowest BCUT2D eigenvalue weighted by molar-refractivity contribution is 0.0946. The van der Waals surface area contributed by atoms with Gasteiger partial charge < -0.3 is 10.6 Å². The van der Waals surface area contributed by atoms with Crippen molar-refractivity contribution in [1.29, 1.82) is 0 Å². The van der Waals surface area contributed by atoms with E-state index in [0.29, 0.717) is 12.2 Å². The number of rotatable bonds is 5. The predicted octanol–water partition coefficient (Wildman–Crippen LogP) is 4.22. The highest BCUT2D eigenvalue weighted by molar-refractivity contribution is 9.10. The number of carbonyl (C=O) groups excluding carboxylic acids is 1. The number of hydrogen-bond donors (Lipinski definition) is 2. The van der Waals surface area contributed by atoms with Gasteiger partial charge in [-0.1, -0.05) is 15.9 Å². The molecule has 0 saturated carbocycles. The molecule has 2 aromatic heterocycles. The number of nitrogens with one attached hydrogen (secondary N) is 2. The van der Waals surface area contributed by atoms with Crippen molar-refractivity contribution < 1.29 is 4.79 Å². The van der Waals surface area contributed by atoms with Gasteiger partial charge in [-0.05, 0) is 60.5 Å². The van der Waals surface area contributed by atoms with E-state index in [1.807, 2.05) is 43.3 Å². The number of aromatic nitrogens is 2. The number of hydrogen-bond acceptors (Lipinski definition) is 4. The third-order valence-corrected chi connectivity index (χ3v) is 4.53. The van der Waals surface area contributed by atoms with Gasteiger partial charge in [0.05, 0.1) is 0 Å². The Morgan fingerprint density at radius 2 is 1.80 bits per heavy atom. The van der Waals surface area contributed by atoms with Crippen LogP contribution in [0, 0.1) is 6.92 Å². The van der Waals surface area contributed by atoms with E-state index >= 15 is 0 Å². The Hall–Kier alpha value is -2.73. The summed E-state index contributed by atoms with van der Waals surface area (Å²) >= 11 is 3.49. The largest absolute Gasteiger partial charge is 0.355 e. The average molecular weight is 397 g/mol. The van der Waals surface area contributed by atoms with Crippen LogP contribution in [-0.4, -0.2) is 15.9 Å². The summed E-state index contributed by atoms with van der Waals surface area (Å²) in [5.74, 6) is -0.215. The maximum atomic E-state index is 12.3. The van der Waals surface area contributed by atoms with Crippen LogP contribution in [0.15, 0.2) is 65.5 Å². The van der Waals surface area contributed by atoms with Gasteiger partial charge >= 0.3 is 0 Å². The van der Waals surface area contributed by atoms with E-state index in [1.54, 1.807) is 24.7 Å². The van der Waals surface area contributed by atoms with Crippen LogP contribution in [0.5, 0.6) is 0 Å². The van der Waals surface area contributed by atoms with Crippen LogP contribution in [0.1, 0.15) is 21.6 Å². The molecule has 0 radical (unpaired) electrons. The van der Waals surface area contributed by atoms with Crippen molar-refractivity contribution in [3.05, 3.63) is 82.3 Å². The fraction of sp³-hybridized carbons (Fsp3) is 0.105. The van der Waals surface area contributed by atoms with Crippen molar-refractivity contribution in [3.8, 4) is 0 Å². The number of halogens is 1. The molecule has 6 heteroatoms. The second kappa shape index (κ2) is 7.90. The Bertz CT molecular complexity index is 884. The summed E-state index contributed by atoms with van der Waals surface area (Å²) < 4.78 is 1.06.